The van der Waals surface area contributed by atoms with Gasteiger partial charge in [-0.05, 0) is 68.3 Å². The summed E-state index contributed by atoms with van der Waals surface area (Å²) < 4.78 is 0. The van der Waals surface area contributed by atoms with Crippen molar-refractivity contribution < 1.29 is 0 Å². The molecule has 12 rings (SSSR count). The Morgan fingerprint density at radius 2 is 0.417 bits per heavy atom. The predicted octanol–water partition coefficient (Wildman–Crippen LogP) is 17.6. The molecule has 0 atom stereocenters. The molecule has 0 bridgehead atoms. The van der Waals surface area contributed by atoms with E-state index in [4.69, 9.17) is 19.9 Å². The lowest BCUT2D eigenvalue weighted by molar-refractivity contribution is 1.07. The molecule has 0 aliphatic heterocycles. The van der Waals surface area contributed by atoms with Crippen molar-refractivity contribution in [3.8, 4) is 123 Å². The lowest BCUT2D eigenvalue weighted by Crippen LogP contribution is -2.01. The van der Waals surface area contributed by atoms with Crippen LogP contribution in [0.3, 0.4) is 0 Å². The fraction of sp³-hybridized carbons (Fsp3) is 0. The van der Waals surface area contributed by atoms with Gasteiger partial charge >= 0.3 is 0 Å². The number of pyridine rings is 1. The van der Waals surface area contributed by atoms with E-state index in [1.165, 1.54) is 0 Å². The topological polar surface area (TPSA) is 51.6 Å². The van der Waals surface area contributed by atoms with Crippen molar-refractivity contribution in [2.45, 2.75) is 0 Å². The number of hydrogen-bond acceptors (Lipinski definition) is 4. The van der Waals surface area contributed by atoms with E-state index in [2.05, 4.69) is 267 Å². The van der Waals surface area contributed by atoms with Crippen LogP contribution < -0.4 is 0 Å². The van der Waals surface area contributed by atoms with Gasteiger partial charge in [0.05, 0.1) is 11.4 Å². The third-order valence-electron chi connectivity index (χ3n) is 13.1. The summed E-state index contributed by atoms with van der Waals surface area (Å²) in [6, 6.07) is 97.8. The van der Waals surface area contributed by atoms with Gasteiger partial charge in [-0.25, -0.2) is 19.9 Å². The van der Waals surface area contributed by atoms with Gasteiger partial charge in [0.15, 0.2) is 17.5 Å². The minimum atomic E-state index is 0.601. The first-order valence-corrected chi connectivity index (χ1v) is 24.3. The Kier molecular flexibility index (Phi) is 12.0. The smallest absolute Gasteiger partial charge is 0.164 e. The molecule has 0 aliphatic rings. The maximum atomic E-state index is 5.64. The molecule has 0 fully saturated rings. The normalized spacial score (nSPS) is 11.1. The second-order valence-corrected chi connectivity index (χ2v) is 17.8. The monoisotopic (exact) mass is 918 g/mol. The van der Waals surface area contributed by atoms with Crippen molar-refractivity contribution in [2.24, 2.45) is 0 Å². The van der Waals surface area contributed by atoms with Crippen molar-refractivity contribution in [1.29, 1.82) is 0 Å². The standard InChI is InChI=1S/C68H46N4/c1-7-22-47(23-8-1)56-35-20-38-59(45-56)67-70-66(71-68(72-67)60-39-21-36-57(46-60)48-24-9-2-10-25-48)54-42-40-49(41-43-54)55-34-19-37-58(44-55)61-62(50-26-11-3-12-27-50)64(52-30-15-5-16-31-52)69-65(53-32-17-6-18-33-53)63(61)51-28-13-4-14-29-51/h1-46H. The van der Waals surface area contributed by atoms with Gasteiger partial charge in [-0.1, -0.05) is 261 Å². The minimum absolute atomic E-state index is 0.601. The molecule has 0 saturated carbocycles. The van der Waals surface area contributed by atoms with E-state index >= 15 is 0 Å². The van der Waals surface area contributed by atoms with Crippen molar-refractivity contribution >= 4 is 0 Å². The summed E-state index contributed by atoms with van der Waals surface area (Å²) in [5, 5.41) is 0. The largest absolute Gasteiger partial charge is 0.246 e. The van der Waals surface area contributed by atoms with Gasteiger partial charge in [-0.15, -0.1) is 0 Å². The van der Waals surface area contributed by atoms with E-state index in [1.807, 2.05) is 12.1 Å². The Morgan fingerprint density at radius 1 is 0.153 bits per heavy atom. The SMILES string of the molecule is c1ccc(-c2cccc(-c3nc(-c4ccc(-c5cccc(-c6c(-c7ccccc7)c(-c7ccccc7)nc(-c7ccccc7)c6-c6ccccc6)c5)cc4)nc(-c4cccc(-c5ccccc5)c4)n3)c2)cc1. The van der Waals surface area contributed by atoms with E-state index < -0.39 is 0 Å². The van der Waals surface area contributed by atoms with Crippen LogP contribution in [0.15, 0.2) is 279 Å². The fourth-order valence-electron chi connectivity index (χ4n) is 9.62. The number of benzene rings is 10. The molecular weight excluding hydrogens is 873 g/mol. The molecule has 4 nitrogen and oxygen atoms in total. The Labute approximate surface area is 420 Å². The summed E-state index contributed by atoms with van der Waals surface area (Å²) in [6.07, 6.45) is 0. The molecule has 0 aliphatic carbocycles. The predicted molar refractivity (Wildman–Crippen MR) is 297 cm³/mol. The Morgan fingerprint density at radius 3 is 0.806 bits per heavy atom. The first kappa shape index (κ1) is 43.6. The summed E-state index contributed by atoms with van der Waals surface area (Å²) in [6.45, 7) is 0. The summed E-state index contributed by atoms with van der Waals surface area (Å²) in [5.41, 5.74) is 19.9. The van der Waals surface area contributed by atoms with Crippen LogP contribution in [0.25, 0.3) is 123 Å². The van der Waals surface area contributed by atoms with Gasteiger partial charge in [0.25, 0.3) is 0 Å². The Hall–Kier alpha value is -9.64. The van der Waals surface area contributed by atoms with Gasteiger partial charge in [-0.2, -0.15) is 0 Å². The quantitative estimate of drug-likeness (QED) is 0.130. The molecule has 10 aromatic carbocycles. The third kappa shape index (κ3) is 8.93. The highest BCUT2D eigenvalue weighted by atomic mass is 15.0. The van der Waals surface area contributed by atoms with Gasteiger partial charge in [0.2, 0.25) is 0 Å². The summed E-state index contributed by atoms with van der Waals surface area (Å²) in [7, 11) is 0. The third-order valence-corrected chi connectivity index (χ3v) is 13.1. The van der Waals surface area contributed by atoms with Crippen LogP contribution in [0.2, 0.25) is 0 Å². The molecule has 0 saturated heterocycles. The Balaban J connectivity index is 1.00. The van der Waals surface area contributed by atoms with Crippen LogP contribution in [0, 0.1) is 0 Å². The molecule has 0 spiro atoms. The summed E-state index contributed by atoms with van der Waals surface area (Å²) in [4.78, 5) is 21.2. The van der Waals surface area contributed by atoms with Crippen molar-refractivity contribution in [1.82, 2.24) is 19.9 Å². The van der Waals surface area contributed by atoms with Gasteiger partial charge in [-0.3, -0.25) is 0 Å². The van der Waals surface area contributed by atoms with Crippen LogP contribution in [0.1, 0.15) is 0 Å². The van der Waals surface area contributed by atoms with E-state index in [0.29, 0.717) is 17.5 Å². The second-order valence-electron chi connectivity index (χ2n) is 17.8. The molecule has 4 heteroatoms. The van der Waals surface area contributed by atoms with E-state index in [1.54, 1.807) is 0 Å². The number of hydrogen-bond donors (Lipinski definition) is 0. The average Bonchev–Trinajstić information content (AvgIpc) is 3.48. The lowest BCUT2D eigenvalue weighted by Gasteiger charge is -2.23. The summed E-state index contributed by atoms with van der Waals surface area (Å²) >= 11 is 0. The van der Waals surface area contributed by atoms with Gasteiger partial charge in [0, 0.05) is 44.5 Å². The molecule has 0 radical (unpaired) electrons. The Bertz CT molecular complexity index is 3600. The van der Waals surface area contributed by atoms with Crippen molar-refractivity contribution in [3.05, 3.63) is 279 Å². The fourth-order valence-corrected chi connectivity index (χ4v) is 9.62. The molecule has 2 heterocycles. The second kappa shape index (κ2) is 19.8. The molecule has 0 N–H and O–H groups in total. The average molecular weight is 919 g/mol. The van der Waals surface area contributed by atoms with E-state index in [-0.39, 0.29) is 0 Å². The van der Waals surface area contributed by atoms with Crippen molar-refractivity contribution in [3.63, 3.8) is 0 Å². The van der Waals surface area contributed by atoms with E-state index in [0.717, 1.165) is 106 Å². The number of rotatable bonds is 11. The highest BCUT2D eigenvalue weighted by Gasteiger charge is 2.25. The zero-order valence-electron chi connectivity index (χ0n) is 39.3. The zero-order valence-corrected chi connectivity index (χ0v) is 39.3. The van der Waals surface area contributed by atoms with E-state index in [9.17, 15) is 0 Å². The number of aromatic nitrogens is 4. The molecule has 72 heavy (non-hydrogen) atoms. The highest BCUT2D eigenvalue weighted by molar-refractivity contribution is 6.05. The maximum absolute atomic E-state index is 5.64. The molecule has 12 aromatic rings. The maximum Gasteiger partial charge on any atom is 0.164 e. The van der Waals surface area contributed by atoms with Crippen LogP contribution in [0.4, 0.5) is 0 Å². The zero-order chi connectivity index (χ0) is 48.1. The molecular formula is C68H46N4. The highest BCUT2D eigenvalue weighted by Crippen LogP contribution is 2.49. The molecule has 338 valence electrons. The van der Waals surface area contributed by atoms with Crippen LogP contribution >= 0.6 is 0 Å². The first-order valence-electron chi connectivity index (χ1n) is 24.3. The molecule has 0 unspecified atom stereocenters. The number of nitrogens with zero attached hydrogens (tertiary/aromatic N) is 4. The van der Waals surface area contributed by atoms with Crippen molar-refractivity contribution in [2.75, 3.05) is 0 Å². The lowest BCUT2D eigenvalue weighted by atomic mass is 9.83. The van der Waals surface area contributed by atoms with Crippen LogP contribution in [-0.2, 0) is 0 Å². The van der Waals surface area contributed by atoms with Crippen LogP contribution in [0.5, 0.6) is 0 Å². The first-order chi connectivity index (χ1) is 35.7. The van der Waals surface area contributed by atoms with Crippen LogP contribution in [-0.4, -0.2) is 19.9 Å². The molecule has 2 aromatic heterocycles. The molecule has 0 amide bonds. The van der Waals surface area contributed by atoms with Gasteiger partial charge < -0.3 is 0 Å². The van der Waals surface area contributed by atoms with Gasteiger partial charge in [0.1, 0.15) is 0 Å². The minimum Gasteiger partial charge on any atom is -0.246 e. The summed E-state index contributed by atoms with van der Waals surface area (Å²) in [5.74, 6) is 1.82.